The van der Waals surface area contributed by atoms with Crippen LogP contribution in [0.1, 0.15) is 62.5 Å². The quantitative estimate of drug-likeness (QED) is 0.427. The molecular formula is C25H28N6O3. The molecule has 0 amide bonds. The van der Waals surface area contributed by atoms with Gasteiger partial charge in [0, 0.05) is 17.8 Å². The Balaban J connectivity index is 1.68. The molecule has 34 heavy (non-hydrogen) atoms. The summed E-state index contributed by atoms with van der Waals surface area (Å²) in [5.41, 5.74) is 0.861. The van der Waals surface area contributed by atoms with E-state index in [0.29, 0.717) is 12.1 Å². The third-order valence-electron chi connectivity index (χ3n) is 6.47. The number of aryl methyl sites for hydroxylation is 1. The van der Waals surface area contributed by atoms with Crippen LogP contribution in [-0.4, -0.2) is 40.9 Å². The van der Waals surface area contributed by atoms with Gasteiger partial charge in [0.25, 0.3) is 0 Å². The fraction of sp³-hybridized carbons (Fsp3) is 0.440. The molecule has 0 radical (unpaired) electrons. The van der Waals surface area contributed by atoms with E-state index in [2.05, 4.69) is 43.8 Å². The second-order valence-electron chi connectivity index (χ2n) is 10.1. The van der Waals surface area contributed by atoms with E-state index in [-0.39, 0.29) is 16.7 Å². The van der Waals surface area contributed by atoms with E-state index in [1.54, 1.807) is 31.6 Å². The topological polar surface area (TPSA) is 105 Å². The molecule has 0 saturated heterocycles. The van der Waals surface area contributed by atoms with Gasteiger partial charge in [-0.1, -0.05) is 12.8 Å². The van der Waals surface area contributed by atoms with Crippen molar-refractivity contribution in [2.75, 3.05) is 0 Å². The number of carbonyl (C=O) groups is 1. The number of fused-ring (bicyclic) bond motifs is 2. The lowest BCUT2D eigenvalue weighted by molar-refractivity contribution is 0.00582. The summed E-state index contributed by atoms with van der Waals surface area (Å²) < 4.78 is 9.43. The van der Waals surface area contributed by atoms with E-state index in [1.807, 2.05) is 12.3 Å². The van der Waals surface area contributed by atoms with Crippen molar-refractivity contribution in [1.29, 1.82) is 0 Å². The molecular weight excluding hydrogens is 432 g/mol. The normalized spacial score (nSPS) is 15.8. The van der Waals surface area contributed by atoms with E-state index in [4.69, 9.17) is 4.74 Å². The van der Waals surface area contributed by atoms with Gasteiger partial charge in [-0.2, -0.15) is 5.10 Å². The lowest BCUT2D eigenvalue weighted by atomic mass is 9.97. The number of esters is 1. The summed E-state index contributed by atoms with van der Waals surface area (Å²) in [6.07, 6.45) is 10.8. The number of rotatable bonds is 4. The molecule has 1 aliphatic carbocycles. The molecule has 1 aliphatic rings. The summed E-state index contributed by atoms with van der Waals surface area (Å²) in [6, 6.07) is 4.03. The predicted octanol–water partition coefficient (Wildman–Crippen LogP) is 3.77. The third-order valence-corrected chi connectivity index (χ3v) is 6.47. The van der Waals surface area contributed by atoms with E-state index in [0.717, 1.165) is 42.3 Å². The van der Waals surface area contributed by atoms with Crippen molar-refractivity contribution in [1.82, 2.24) is 29.3 Å². The van der Waals surface area contributed by atoms with Gasteiger partial charge in [0.2, 0.25) is 11.1 Å². The smallest absolute Gasteiger partial charge is 0.363 e. The van der Waals surface area contributed by atoms with Crippen LogP contribution in [0.5, 0.6) is 0 Å². The molecule has 0 atom stereocenters. The molecule has 0 bridgehead atoms. The zero-order chi connectivity index (χ0) is 24.1. The van der Waals surface area contributed by atoms with E-state index < -0.39 is 17.0 Å². The first-order chi connectivity index (χ1) is 16.2. The number of aromatic nitrogens is 6. The Hall–Kier alpha value is -3.62. The highest BCUT2D eigenvalue weighted by Gasteiger charge is 2.38. The van der Waals surface area contributed by atoms with Crippen LogP contribution < -0.4 is 5.43 Å². The zero-order valence-electron chi connectivity index (χ0n) is 19.9. The van der Waals surface area contributed by atoms with Crippen molar-refractivity contribution in [3.05, 3.63) is 58.5 Å². The van der Waals surface area contributed by atoms with Gasteiger partial charge in [0.05, 0.1) is 18.3 Å². The molecule has 0 aromatic carbocycles. The lowest BCUT2D eigenvalue weighted by Gasteiger charge is -2.32. The number of ether oxygens (including phenoxy) is 1. The summed E-state index contributed by atoms with van der Waals surface area (Å²) in [5, 5.41) is 5.64. The maximum absolute atomic E-state index is 13.1. The molecule has 9 heteroatoms. The van der Waals surface area contributed by atoms with Gasteiger partial charge in [-0.15, -0.1) is 0 Å². The minimum atomic E-state index is -0.754. The Bertz CT molecular complexity index is 1460. The number of pyridine rings is 1. The Labute approximate surface area is 196 Å². The Morgan fingerprint density at radius 1 is 1.21 bits per heavy atom. The van der Waals surface area contributed by atoms with Crippen LogP contribution in [0, 0.1) is 6.92 Å². The molecule has 0 N–H and O–H groups in total. The van der Waals surface area contributed by atoms with Gasteiger partial charge in [-0.05, 0) is 58.2 Å². The van der Waals surface area contributed by atoms with Crippen molar-refractivity contribution in [3.63, 3.8) is 0 Å². The summed E-state index contributed by atoms with van der Waals surface area (Å²) >= 11 is 0. The highest BCUT2D eigenvalue weighted by atomic mass is 16.6. The van der Waals surface area contributed by atoms with Gasteiger partial charge >= 0.3 is 5.97 Å². The minimum absolute atomic E-state index is 0.158. The van der Waals surface area contributed by atoms with Crippen molar-refractivity contribution >= 4 is 28.0 Å². The number of hydrogen-bond acceptors (Lipinski definition) is 7. The zero-order valence-corrected chi connectivity index (χ0v) is 19.9. The second kappa shape index (κ2) is 8.00. The molecule has 4 heterocycles. The molecule has 0 aliphatic heterocycles. The monoisotopic (exact) mass is 460 g/mol. The summed E-state index contributed by atoms with van der Waals surface area (Å²) in [4.78, 5) is 39.0. The fourth-order valence-corrected chi connectivity index (χ4v) is 4.97. The van der Waals surface area contributed by atoms with Crippen LogP contribution in [-0.2, 0) is 16.8 Å². The summed E-state index contributed by atoms with van der Waals surface area (Å²) in [6.45, 7) is 7.81. The average molecular weight is 461 g/mol. The SMILES string of the molecule is Cc1cn(C2(Cn3nc(C(=O)OC(C)(C)C)c(=O)c4ncncc43)CCCC2)c2ncccc12. The van der Waals surface area contributed by atoms with E-state index in [1.165, 1.54) is 6.33 Å². The molecule has 0 unspecified atom stereocenters. The number of hydrogen-bond donors (Lipinski definition) is 0. The maximum Gasteiger partial charge on any atom is 0.363 e. The predicted molar refractivity (Wildman–Crippen MR) is 128 cm³/mol. The van der Waals surface area contributed by atoms with Crippen LogP contribution in [0.2, 0.25) is 0 Å². The molecule has 4 aromatic rings. The number of nitrogens with zero attached hydrogens (tertiary/aromatic N) is 6. The van der Waals surface area contributed by atoms with Gasteiger partial charge in [0.15, 0.2) is 0 Å². The van der Waals surface area contributed by atoms with Crippen LogP contribution >= 0.6 is 0 Å². The second-order valence-corrected chi connectivity index (χ2v) is 10.1. The summed E-state index contributed by atoms with van der Waals surface area (Å²) in [7, 11) is 0. The maximum atomic E-state index is 13.1. The standard InChI is InChI=1S/C25H28N6O3/c1-16-13-30(22-17(16)8-7-11-27-22)25(9-5-6-10-25)14-31-18-12-26-15-28-19(18)21(32)20(29-31)23(33)34-24(2,3)4/h7-8,11-13,15H,5-6,9-10,14H2,1-4H3. The third kappa shape index (κ3) is 3.74. The van der Waals surface area contributed by atoms with E-state index in [9.17, 15) is 9.59 Å². The van der Waals surface area contributed by atoms with Gasteiger partial charge in [0.1, 0.15) is 28.6 Å². The van der Waals surface area contributed by atoms with Gasteiger partial charge in [-0.25, -0.2) is 19.7 Å². The first-order valence-corrected chi connectivity index (χ1v) is 11.6. The fourth-order valence-electron chi connectivity index (χ4n) is 4.97. The van der Waals surface area contributed by atoms with Crippen molar-refractivity contribution < 1.29 is 9.53 Å². The molecule has 1 fully saturated rings. The van der Waals surface area contributed by atoms with Crippen molar-refractivity contribution in [2.24, 2.45) is 0 Å². The average Bonchev–Trinajstić information content (AvgIpc) is 3.40. The summed E-state index contributed by atoms with van der Waals surface area (Å²) in [5.74, 6) is -0.754. The van der Waals surface area contributed by atoms with Gasteiger partial charge < -0.3 is 9.30 Å². The largest absolute Gasteiger partial charge is 0.455 e. The van der Waals surface area contributed by atoms with Crippen LogP contribution in [0.25, 0.3) is 22.1 Å². The van der Waals surface area contributed by atoms with Crippen LogP contribution in [0.3, 0.4) is 0 Å². The van der Waals surface area contributed by atoms with Crippen LogP contribution in [0.4, 0.5) is 0 Å². The molecule has 5 rings (SSSR count). The highest BCUT2D eigenvalue weighted by Crippen LogP contribution is 2.41. The Kier molecular flexibility index (Phi) is 5.22. The Morgan fingerprint density at radius 3 is 2.71 bits per heavy atom. The molecule has 176 valence electrons. The van der Waals surface area contributed by atoms with E-state index >= 15 is 0 Å². The number of carbonyl (C=O) groups excluding carboxylic acids is 1. The lowest BCUT2D eigenvalue weighted by Crippen LogP contribution is -2.38. The molecule has 9 nitrogen and oxygen atoms in total. The first-order valence-electron chi connectivity index (χ1n) is 11.6. The van der Waals surface area contributed by atoms with Crippen LogP contribution in [0.15, 0.2) is 41.8 Å². The first kappa shape index (κ1) is 22.2. The minimum Gasteiger partial charge on any atom is -0.455 e. The van der Waals surface area contributed by atoms with Gasteiger partial charge in [-0.3, -0.25) is 9.48 Å². The van der Waals surface area contributed by atoms with Crippen molar-refractivity contribution in [3.8, 4) is 0 Å². The van der Waals surface area contributed by atoms with Crippen molar-refractivity contribution in [2.45, 2.75) is 71.1 Å². The molecule has 1 saturated carbocycles. The molecule has 4 aromatic heterocycles. The highest BCUT2D eigenvalue weighted by molar-refractivity contribution is 5.90. The molecule has 0 spiro atoms. The Morgan fingerprint density at radius 2 is 1.97 bits per heavy atom.